The van der Waals surface area contributed by atoms with E-state index in [1.54, 1.807) is 48.5 Å². The molecule has 1 aromatic heterocycles. The second kappa shape index (κ2) is 12.8. The predicted molar refractivity (Wildman–Crippen MR) is 149 cm³/mol. The Balaban J connectivity index is 1.16. The molecule has 0 spiro atoms. The molecule has 4 aromatic rings. The van der Waals surface area contributed by atoms with Crippen LogP contribution in [0.4, 0.5) is 4.79 Å². The standard InChI is InChI=1S/C31H29N3O7/c1-22-28(32-29(40-22)23-8-4-2-5-9-23)16-19-38-26-14-12-24(13-15-26)30(35)34-18-17-33(20-25(34)21-39-37)31(36)41-27-10-6-3-7-11-27/h2-15,21,37H,16-20H2,1H3. The van der Waals surface area contributed by atoms with Gasteiger partial charge in [0.1, 0.15) is 17.3 Å². The molecule has 5 rings (SSSR count). The normalized spacial score (nSPS) is 14.1. The number of amides is 2. The second-order valence-electron chi connectivity index (χ2n) is 9.28. The fourth-order valence-corrected chi connectivity index (χ4v) is 4.41. The van der Waals surface area contributed by atoms with Crippen LogP contribution in [0.25, 0.3) is 11.5 Å². The van der Waals surface area contributed by atoms with Gasteiger partial charge in [0.15, 0.2) is 6.26 Å². The highest BCUT2D eigenvalue weighted by atomic mass is 17.1. The molecule has 41 heavy (non-hydrogen) atoms. The van der Waals surface area contributed by atoms with Gasteiger partial charge in [-0.25, -0.2) is 15.0 Å². The van der Waals surface area contributed by atoms with Gasteiger partial charge in [-0.3, -0.25) is 4.79 Å². The van der Waals surface area contributed by atoms with Crippen LogP contribution in [0.5, 0.6) is 11.5 Å². The Labute approximate surface area is 236 Å². The third-order valence-corrected chi connectivity index (χ3v) is 6.56. The van der Waals surface area contributed by atoms with Gasteiger partial charge < -0.3 is 28.6 Å². The fourth-order valence-electron chi connectivity index (χ4n) is 4.41. The zero-order chi connectivity index (χ0) is 28.6. The first-order valence-corrected chi connectivity index (χ1v) is 13.1. The van der Waals surface area contributed by atoms with Crippen LogP contribution in [0.1, 0.15) is 21.8 Å². The molecule has 1 fully saturated rings. The van der Waals surface area contributed by atoms with Crippen LogP contribution >= 0.6 is 0 Å². The Hall–Kier alpha value is -5.09. The third-order valence-electron chi connectivity index (χ3n) is 6.56. The van der Waals surface area contributed by atoms with Crippen LogP contribution in [0.3, 0.4) is 0 Å². The molecule has 210 valence electrons. The maximum Gasteiger partial charge on any atom is 0.415 e. The molecule has 1 aliphatic rings. The molecule has 2 heterocycles. The molecule has 0 atom stereocenters. The minimum Gasteiger partial charge on any atom is -0.493 e. The van der Waals surface area contributed by atoms with Gasteiger partial charge in [0.25, 0.3) is 5.91 Å². The van der Waals surface area contributed by atoms with Crippen molar-refractivity contribution in [2.45, 2.75) is 13.3 Å². The molecule has 10 heteroatoms. The summed E-state index contributed by atoms with van der Waals surface area (Å²) in [6.07, 6.45) is 1.03. The lowest BCUT2D eigenvalue weighted by molar-refractivity contribution is -0.188. The van der Waals surface area contributed by atoms with E-state index in [9.17, 15) is 9.59 Å². The number of carbonyl (C=O) groups excluding carboxylic acids is 2. The zero-order valence-electron chi connectivity index (χ0n) is 22.4. The van der Waals surface area contributed by atoms with Gasteiger partial charge in [-0.05, 0) is 55.5 Å². The van der Waals surface area contributed by atoms with Gasteiger partial charge in [0, 0.05) is 30.6 Å². The number of rotatable bonds is 8. The van der Waals surface area contributed by atoms with Crippen molar-refractivity contribution < 1.29 is 33.6 Å². The first-order valence-electron chi connectivity index (χ1n) is 13.1. The van der Waals surface area contributed by atoms with Gasteiger partial charge >= 0.3 is 6.09 Å². The number of aromatic nitrogens is 1. The molecule has 0 radical (unpaired) electrons. The SMILES string of the molecule is Cc1oc(-c2ccccc2)nc1CCOc1ccc(C(=O)N2CCN(C(=O)Oc3ccccc3)CC2=COO)cc1. The monoisotopic (exact) mass is 555 g/mol. The van der Waals surface area contributed by atoms with Crippen molar-refractivity contribution in [2.75, 3.05) is 26.2 Å². The first-order chi connectivity index (χ1) is 20.0. The molecule has 0 bridgehead atoms. The maximum atomic E-state index is 13.3. The number of hydrogen-bond acceptors (Lipinski definition) is 8. The number of para-hydroxylation sites is 1. The van der Waals surface area contributed by atoms with Gasteiger partial charge in [-0.2, -0.15) is 0 Å². The lowest BCUT2D eigenvalue weighted by Gasteiger charge is -2.35. The van der Waals surface area contributed by atoms with E-state index in [0.717, 1.165) is 23.3 Å². The predicted octanol–water partition coefficient (Wildman–Crippen LogP) is 5.56. The van der Waals surface area contributed by atoms with E-state index in [0.29, 0.717) is 41.7 Å². The van der Waals surface area contributed by atoms with Crippen molar-refractivity contribution in [3.63, 3.8) is 0 Å². The summed E-state index contributed by atoms with van der Waals surface area (Å²) in [6, 6.07) is 25.2. The molecule has 0 unspecified atom stereocenters. The number of benzene rings is 3. The number of aryl methyl sites for hydroxylation is 1. The fraction of sp³-hybridized carbons (Fsp3) is 0.194. The van der Waals surface area contributed by atoms with Crippen LogP contribution in [-0.4, -0.2) is 58.3 Å². The van der Waals surface area contributed by atoms with E-state index in [1.165, 1.54) is 9.80 Å². The summed E-state index contributed by atoms with van der Waals surface area (Å²) in [4.78, 5) is 37.6. The topological polar surface area (TPSA) is 115 Å². The first kappa shape index (κ1) is 27.5. The lowest BCUT2D eigenvalue weighted by Crippen LogP contribution is -2.50. The van der Waals surface area contributed by atoms with Crippen molar-refractivity contribution in [1.29, 1.82) is 0 Å². The van der Waals surface area contributed by atoms with Crippen LogP contribution in [0.2, 0.25) is 0 Å². The Bertz CT molecular complexity index is 1500. The number of carbonyl (C=O) groups is 2. The highest BCUT2D eigenvalue weighted by molar-refractivity contribution is 5.95. The molecule has 10 nitrogen and oxygen atoms in total. The smallest absolute Gasteiger partial charge is 0.415 e. The van der Waals surface area contributed by atoms with E-state index >= 15 is 0 Å². The summed E-state index contributed by atoms with van der Waals surface area (Å²) in [5, 5.41) is 9.05. The van der Waals surface area contributed by atoms with Gasteiger partial charge in [-0.15, -0.1) is 0 Å². The Morgan fingerprint density at radius 3 is 2.37 bits per heavy atom. The molecule has 1 aliphatic heterocycles. The molecule has 1 N–H and O–H groups in total. The number of hydrogen-bond donors (Lipinski definition) is 1. The van der Waals surface area contributed by atoms with Crippen LogP contribution in [-0.2, 0) is 11.3 Å². The molecule has 0 aliphatic carbocycles. The average Bonchev–Trinajstić information content (AvgIpc) is 3.38. The highest BCUT2D eigenvalue weighted by Gasteiger charge is 2.30. The van der Waals surface area contributed by atoms with E-state index in [1.807, 2.05) is 43.3 Å². The van der Waals surface area contributed by atoms with Crippen molar-refractivity contribution in [2.24, 2.45) is 0 Å². The summed E-state index contributed by atoms with van der Waals surface area (Å²) in [7, 11) is 0. The Morgan fingerprint density at radius 2 is 1.66 bits per heavy atom. The minimum absolute atomic E-state index is 0.0204. The summed E-state index contributed by atoms with van der Waals surface area (Å²) < 4.78 is 17.1. The average molecular weight is 556 g/mol. The highest BCUT2D eigenvalue weighted by Crippen LogP contribution is 2.23. The molecular formula is C31H29N3O7. The van der Waals surface area contributed by atoms with E-state index in [4.69, 9.17) is 19.1 Å². The Kier molecular flexibility index (Phi) is 8.61. The second-order valence-corrected chi connectivity index (χ2v) is 9.28. The van der Waals surface area contributed by atoms with Crippen molar-refractivity contribution in [1.82, 2.24) is 14.8 Å². The lowest BCUT2D eigenvalue weighted by atomic mass is 10.1. The van der Waals surface area contributed by atoms with Gasteiger partial charge in [0.05, 0.1) is 24.5 Å². The largest absolute Gasteiger partial charge is 0.493 e. The van der Waals surface area contributed by atoms with E-state index in [-0.39, 0.29) is 25.5 Å². The van der Waals surface area contributed by atoms with Crippen LogP contribution in [0.15, 0.2) is 101 Å². The number of nitrogens with zero attached hydrogens (tertiary/aromatic N) is 3. The van der Waals surface area contributed by atoms with Crippen LogP contribution < -0.4 is 9.47 Å². The molecule has 3 aromatic carbocycles. The molecule has 1 saturated heterocycles. The molecule has 2 amide bonds. The number of piperazine rings is 1. The van der Waals surface area contributed by atoms with E-state index < -0.39 is 6.09 Å². The maximum absolute atomic E-state index is 13.3. The summed E-state index contributed by atoms with van der Waals surface area (Å²) in [5.41, 5.74) is 2.47. The Morgan fingerprint density at radius 1 is 0.951 bits per heavy atom. The summed E-state index contributed by atoms with van der Waals surface area (Å²) >= 11 is 0. The zero-order valence-corrected chi connectivity index (χ0v) is 22.4. The molecular weight excluding hydrogens is 526 g/mol. The number of ether oxygens (including phenoxy) is 2. The van der Waals surface area contributed by atoms with E-state index in [2.05, 4.69) is 9.87 Å². The molecule has 0 saturated carbocycles. The third kappa shape index (κ3) is 6.74. The van der Waals surface area contributed by atoms with Crippen LogP contribution in [0, 0.1) is 6.92 Å². The summed E-state index contributed by atoms with van der Waals surface area (Å²) in [5.74, 6) is 2.04. The number of oxazole rings is 1. The summed E-state index contributed by atoms with van der Waals surface area (Å²) in [6.45, 7) is 2.72. The van der Waals surface area contributed by atoms with Gasteiger partial charge in [0.2, 0.25) is 5.89 Å². The van der Waals surface area contributed by atoms with Crippen molar-refractivity contribution >= 4 is 12.0 Å². The van der Waals surface area contributed by atoms with Gasteiger partial charge in [-0.1, -0.05) is 36.4 Å². The van der Waals surface area contributed by atoms with Crippen molar-refractivity contribution in [3.8, 4) is 23.0 Å². The van der Waals surface area contributed by atoms with Crippen molar-refractivity contribution in [3.05, 3.63) is 114 Å². The minimum atomic E-state index is -0.564. The quantitative estimate of drug-likeness (QED) is 0.171.